The van der Waals surface area contributed by atoms with Crippen LogP contribution in [0.3, 0.4) is 0 Å². The fourth-order valence-corrected chi connectivity index (χ4v) is 1.41. The average molecular weight is 269 g/mol. The molecule has 1 aromatic carbocycles. The second-order valence-electron chi connectivity index (χ2n) is 4.24. The summed E-state index contributed by atoms with van der Waals surface area (Å²) in [5, 5.41) is 11.2. The molecule has 0 aliphatic carbocycles. The van der Waals surface area contributed by atoms with E-state index in [9.17, 15) is 14.0 Å². The highest BCUT2D eigenvalue weighted by atomic mass is 19.1. The summed E-state index contributed by atoms with van der Waals surface area (Å²) in [5.41, 5.74) is -1.37. The number of amides is 1. The molecule has 1 unspecified atom stereocenters. The Hall–Kier alpha value is -1.95. The monoisotopic (exact) mass is 269 g/mol. The molecular formula is C13H16FNO4. The number of nitrogens with one attached hydrogen (secondary N) is 1. The van der Waals surface area contributed by atoms with Crippen LogP contribution >= 0.6 is 0 Å². The smallest absolute Gasteiger partial charge is 0.335 e. The van der Waals surface area contributed by atoms with Crippen molar-refractivity contribution in [3.63, 3.8) is 0 Å². The number of carbonyl (C=O) groups excluding carboxylic acids is 1. The zero-order valence-corrected chi connectivity index (χ0v) is 11.0. The van der Waals surface area contributed by atoms with Crippen molar-refractivity contribution in [2.75, 3.05) is 12.4 Å². The lowest BCUT2D eigenvalue weighted by molar-refractivity contribution is -0.136. The average Bonchev–Trinajstić information content (AvgIpc) is 2.39. The van der Waals surface area contributed by atoms with Crippen molar-refractivity contribution >= 4 is 17.6 Å². The second-order valence-corrected chi connectivity index (χ2v) is 4.24. The Bertz CT molecular complexity index is 497. The first-order chi connectivity index (χ1) is 8.84. The van der Waals surface area contributed by atoms with Crippen LogP contribution in [0.1, 0.15) is 30.6 Å². The molecule has 1 aromatic rings. The lowest BCUT2D eigenvalue weighted by Gasteiger charge is -2.25. The van der Waals surface area contributed by atoms with Gasteiger partial charge in [-0.3, -0.25) is 4.79 Å². The molecule has 0 spiro atoms. The van der Waals surface area contributed by atoms with Crippen LogP contribution in [0.25, 0.3) is 0 Å². The molecule has 0 fully saturated rings. The van der Waals surface area contributed by atoms with Crippen molar-refractivity contribution in [3.05, 3.63) is 29.6 Å². The predicted octanol–water partition coefficient (Wildman–Crippen LogP) is 2.28. The molecule has 2 N–H and O–H groups in total. The van der Waals surface area contributed by atoms with Gasteiger partial charge in [-0.2, -0.15) is 0 Å². The van der Waals surface area contributed by atoms with Crippen LogP contribution in [0.2, 0.25) is 0 Å². The third kappa shape index (κ3) is 3.29. The van der Waals surface area contributed by atoms with Gasteiger partial charge in [0.15, 0.2) is 0 Å². The first-order valence-corrected chi connectivity index (χ1v) is 5.73. The van der Waals surface area contributed by atoms with Gasteiger partial charge < -0.3 is 15.2 Å². The van der Waals surface area contributed by atoms with Crippen molar-refractivity contribution in [1.29, 1.82) is 0 Å². The van der Waals surface area contributed by atoms with Crippen LogP contribution in [-0.2, 0) is 9.53 Å². The fourth-order valence-electron chi connectivity index (χ4n) is 1.41. The van der Waals surface area contributed by atoms with Crippen molar-refractivity contribution < 1.29 is 23.8 Å². The largest absolute Gasteiger partial charge is 0.478 e. The van der Waals surface area contributed by atoms with Crippen LogP contribution in [0.4, 0.5) is 10.1 Å². The van der Waals surface area contributed by atoms with E-state index in [1.807, 2.05) is 0 Å². The topological polar surface area (TPSA) is 75.6 Å². The van der Waals surface area contributed by atoms with Gasteiger partial charge in [0, 0.05) is 7.11 Å². The molecule has 0 aliphatic heterocycles. The van der Waals surface area contributed by atoms with Crippen LogP contribution in [0, 0.1) is 5.82 Å². The first kappa shape index (κ1) is 15.1. The molecule has 6 heteroatoms. The van der Waals surface area contributed by atoms with Crippen molar-refractivity contribution in [2.24, 2.45) is 0 Å². The van der Waals surface area contributed by atoms with Gasteiger partial charge in [-0.15, -0.1) is 0 Å². The summed E-state index contributed by atoms with van der Waals surface area (Å²) in [5.74, 6) is -2.42. The number of carbonyl (C=O) groups is 2. The van der Waals surface area contributed by atoms with Gasteiger partial charge in [-0.05, 0) is 31.5 Å². The number of carboxylic acids is 1. The number of carboxylic acid groups (broad SMARTS) is 1. The molecule has 0 aliphatic rings. The van der Waals surface area contributed by atoms with E-state index in [4.69, 9.17) is 9.84 Å². The van der Waals surface area contributed by atoms with Crippen LogP contribution < -0.4 is 5.32 Å². The van der Waals surface area contributed by atoms with E-state index in [1.165, 1.54) is 7.11 Å². The molecule has 0 heterocycles. The number of methoxy groups -OCH3 is 1. The summed E-state index contributed by atoms with van der Waals surface area (Å²) in [6, 6.07) is 3.19. The van der Waals surface area contributed by atoms with Gasteiger partial charge in [-0.25, -0.2) is 9.18 Å². The first-order valence-electron chi connectivity index (χ1n) is 5.73. The Morgan fingerprint density at radius 1 is 1.47 bits per heavy atom. The zero-order valence-electron chi connectivity index (χ0n) is 11.0. The van der Waals surface area contributed by atoms with E-state index in [1.54, 1.807) is 13.8 Å². The fraction of sp³-hybridized carbons (Fsp3) is 0.385. The lowest BCUT2D eigenvalue weighted by Crippen LogP contribution is -2.41. The van der Waals surface area contributed by atoms with Crippen molar-refractivity contribution in [2.45, 2.75) is 25.9 Å². The van der Waals surface area contributed by atoms with Crippen LogP contribution in [0.5, 0.6) is 0 Å². The van der Waals surface area contributed by atoms with E-state index in [-0.39, 0.29) is 11.3 Å². The molecule has 5 nitrogen and oxygen atoms in total. The predicted molar refractivity (Wildman–Crippen MR) is 67.7 cm³/mol. The molecule has 0 aromatic heterocycles. The Morgan fingerprint density at radius 2 is 2.11 bits per heavy atom. The number of aromatic carboxylic acids is 1. The molecule has 0 radical (unpaired) electrons. The Morgan fingerprint density at radius 3 is 2.58 bits per heavy atom. The Labute approximate surface area is 110 Å². The summed E-state index contributed by atoms with van der Waals surface area (Å²) < 4.78 is 18.6. The normalized spacial score (nSPS) is 13.7. The van der Waals surface area contributed by atoms with E-state index in [2.05, 4.69) is 5.32 Å². The lowest BCUT2D eigenvalue weighted by atomic mass is 10.0. The molecule has 1 amide bonds. The Kier molecular flexibility index (Phi) is 4.61. The molecule has 104 valence electrons. The van der Waals surface area contributed by atoms with Gasteiger partial charge in [0.25, 0.3) is 5.91 Å². The highest BCUT2D eigenvalue weighted by Gasteiger charge is 2.31. The van der Waals surface area contributed by atoms with Gasteiger partial charge in [0.2, 0.25) is 0 Å². The summed E-state index contributed by atoms with van der Waals surface area (Å²) in [4.78, 5) is 22.8. The molecule has 19 heavy (non-hydrogen) atoms. The van der Waals surface area contributed by atoms with Gasteiger partial charge in [0.1, 0.15) is 11.4 Å². The summed E-state index contributed by atoms with van der Waals surface area (Å²) in [6.45, 7) is 3.33. The number of hydrogen-bond donors (Lipinski definition) is 2. The molecule has 0 bridgehead atoms. The highest BCUT2D eigenvalue weighted by molar-refractivity contribution is 5.98. The molecule has 1 rings (SSSR count). The number of anilines is 1. The van der Waals surface area contributed by atoms with E-state index in [0.717, 1.165) is 18.2 Å². The van der Waals surface area contributed by atoms with E-state index < -0.39 is 23.3 Å². The minimum absolute atomic E-state index is 0.104. The minimum Gasteiger partial charge on any atom is -0.478 e. The number of rotatable bonds is 5. The SMILES string of the molecule is CCC(C)(OC)C(=O)Nc1cc(C(=O)O)ccc1F. The van der Waals surface area contributed by atoms with E-state index >= 15 is 0 Å². The molecule has 1 atom stereocenters. The maximum atomic E-state index is 13.5. The number of benzene rings is 1. The number of hydrogen-bond acceptors (Lipinski definition) is 3. The van der Waals surface area contributed by atoms with Crippen LogP contribution in [-0.4, -0.2) is 29.7 Å². The van der Waals surface area contributed by atoms with Gasteiger partial charge >= 0.3 is 5.97 Å². The van der Waals surface area contributed by atoms with Crippen LogP contribution in [0.15, 0.2) is 18.2 Å². The number of ether oxygens (including phenoxy) is 1. The molecule has 0 saturated carbocycles. The maximum absolute atomic E-state index is 13.5. The second kappa shape index (κ2) is 5.79. The maximum Gasteiger partial charge on any atom is 0.335 e. The quantitative estimate of drug-likeness (QED) is 0.859. The van der Waals surface area contributed by atoms with Crippen molar-refractivity contribution in [1.82, 2.24) is 0 Å². The standard InChI is InChI=1S/C13H16FNO4/c1-4-13(2,19-3)12(18)15-10-7-8(11(16)17)5-6-9(10)14/h5-7H,4H2,1-3H3,(H,15,18)(H,16,17). The zero-order chi connectivity index (χ0) is 14.6. The van der Waals surface area contributed by atoms with E-state index in [0.29, 0.717) is 6.42 Å². The minimum atomic E-state index is -1.19. The molecule has 0 saturated heterocycles. The third-order valence-electron chi connectivity index (χ3n) is 3.07. The third-order valence-corrected chi connectivity index (χ3v) is 3.07. The molecular weight excluding hydrogens is 253 g/mol. The summed E-state index contributed by atoms with van der Waals surface area (Å²) in [6.07, 6.45) is 0.398. The summed E-state index contributed by atoms with van der Waals surface area (Å²) >= 11 is 0. The highest BCUT2D eigenvalue weighted by Crippen LogP contribution is 2.21. The Balaban J connectivity index is 3.02. The van der Waals surface area contributed by atoms with Crippen molar-refractivity contribution in [3.8, 4) is 0 Å². The number of halogens is 1. The van der Waals surface area contributed by atoms with Gasteiger partial charge in [0.05, 0.1) is 11.3 Å². The van der Waals surface area contributed by atoms with Gasteiger partial charge in [-0.1, -0.05) is 6.92 Å². The summed E-state index contributed by atoms with van der Waals surface area (Å²) in [7, 11) is 1.38.